The van der Waals surface area contributed by atoms with Crippen LogP contribution in [-0.2, 0) is 7.05 Å². The highest BCUT2D eigenvalue weighted by Gasteiger charge is 2.19. The molecule has 0 saturated carbocycles. The van der Waals surface area contributed by atoms with Gasteiger partial charge in [0.25, 0.3) is 0 Å². The molecular formula is C14H25N5O. The number of piperidine rings is 1. The lowest BCUT2D eigenvalue weighted by molar-refractivity contribution is 0.180. The van der Waals surface area contributed by atoms with Crippen LogP contribution in [0.4, 0.5) is 10.6 Å². The molecule has 2 amide bonds. The number of carbonyl (C=O) groups excluding carboxylic acids is 1. The Morgan fingerprint density at radius 2 is 2.35 bits per heavy atom. The Balaban J connectivity index is 1.76. The lowest BCUT2D eigenvalue weighted by atomic mass is 9.98. The number of rotatable bonds is 4. The molecule has 0 unspecified atom stereocenters. The van der Waals surface area contributed by atoms with Crippen molar-refractivity contribution < 1.29 is 4.79 Å². The molecule has 6 nitrogen and oxygen atoms in total. The van der Waals surface area contributed by atoms with Crippen molar-refractivity contribution in [1.29, 1.82) is 0 Å². The lowest BCUT2D eigenvalue weighted by Gasteiger charge is -2.31. The van der Waals surface area contributed by atoms with E-state index in [1.165, 1.54) is 19.4 Å². The highest BCUT2D eigenvalue weighted by molar-refractivity contribution is 5.88. The molecule has 2 N–H and O–H groups in total. The Morgan fingerprint density at radius 3 is 3.00 bits per heavy atom. The van der Waals surface area contributed by atoms with Crippen LogP contribution in [0.3, 0.4) is 0 Å². The molecule has 2 rings (SSSR count). The van der Waals surface area contributed by atoms with E-state index in [2.05, 4.69) is 27.6 Å². The van der Waals surface area contributed by atoms with E-state index < -0.39 is 0 Å². The smallest absolute Gasteiger partial charge is 0.320 e. The van der Waals surface area contributed by atoms with Gasteiger partial charge in [-0.25, -0.2) is 4.79 Å². The molecule has 1 fully saturated rings. The fourth-order valence-electron chi connectivity index (χ4n) is 2.73. The average molecular weight is 279 g/mol. The van der Waals surface area contributed by atoms with E-state index in [-0.39, 0.29) is 6.03 Å². The first-order chi connectivity index (χ1) is 9.58. The molecule has 0 aliphatic carbocycles. The van der Waals surface area contributed by atoms with Gasteiger partial charge in [-0.3, -0.25) is 10.00 Å². The van der Waals surface area contributed by atoms with Crippen LogP contribution in [0.1, 0.15) is 25.5 Å². The Kier molecular flexibility index (Phi) is 5.00. The van der Waals surface area contributed by atoms with E-state index in [0.29, 0.717) is 5.92 Å². The number of aryl methyl sites for hydroxylation is 2. The summed E-state index contributed by atoms with van der Waals surface area (Å²) < 4.78 is 1.67. The zero-order valence-electron chi connectivity index (χ0n) is 12.6. The fraction of sp³-hybridized carbons (Fsp3) is 0.714. The largest absolute Gasteiger partial charge is 0.338 e. The molecule has 6 heteroatoms. The zero-order valence-corrected chi connectivity index (χ0v) is 12.6. The van der Waals surface area contributed by atoms with E-state index >= 15 is 0 Å². The van der Waals surface area contributed by atoms with Gasteiger partial charge >= 0.3 is 6.03 Å². The minimum Gasteiger partial charge on any atom is -0.338 e. The first kappa shape index (κ1) is 14.8. The second-order valence-electron chi connectivity index (χ2n) is 5.53. The van der Waals surface area contributed by atoms with Crippen molar-refractivity contribution in [3.8, 4) is 0 Å². The molecule has 1 aromatic rings. The molecule has 2 heterocycles. The van der Waals surface area contributed by atoms with Crippen LogP contribution in [0, 0.1) is 12.8 Å². The number of hydrogen-bond donors (Lipinski definition) is 2. The molecule has 0 bridgehead atoms. The maximum Gasteiger partial charge on any atom is 0.320 e. The summed E-state index contributed by atoms with van der Waals surface area (Å²) in [5, 5.41) is 10.00. The van der Waals surface area contributed by atoms with E-state index in [0.717, 1.165) is 31.1 Å². The second-order valence-corrected chi connectivity index (χ2v) is 5.53. The maximum absolute atomic E-state index is 11.9. The Hall–Kier alpha value is -1.56. The molecule has 0 spiro atoms. The summed E-state index contributed by atoms with van der Waals surface area (Å²) in [6, 6.07) is 1.71. The maximum atomic E-state index is 11.9. The third kappa shape index (κ3) is 3.96. The Labute approximate surface area is 120 Å². The summed E-state index contributed by atoms with van der Waals surface area (Å²) in [6.07, 6.45) is 2.42. The minimum absolute atomic E-state index is 0.151. The number of nitrogens with one attached hydrogen (secondary N) is 2. The molecule has 1 aliphatic rings. The second kappa shape index (κ2) is 6.74. The molecule has 112 valence electrons. The summed E-state index contributed by atoms with van der Waals surface area (Å²) in [7, 11) is 1.82. The van der Waals surface area contributed by atoms with Crippen molar-refractivity contribution >= 4 is 11.8 Å². The van der Waals surface area contributed by atoms with E-state index in [1.54, 1.807) is 4.68 Å². The quantitative estimate of drug-likeness (QED) is 0.879. The number of carbonyl (C=O) groups is 1. The number of aromatic nitrogens is 2. The normalized spacial score (nSPS) is 19.9. The van der Waals surface area contributed by atoms with E-state index in [1.807, 2.05) is 20.0 Å². The van der Waals surface area contributed by atoms with Crippen molar-refractivity contribution in [1.82, 2.24) is 20.0 Å². The van der Waals surface area contributed by atoms with Gasteiger partial charge in [-0.05, 0) is 38.8 Å². The third-order valence-corrected chi connectivity index (χ3v) is 3.85. The first-order valence-corrected chi connectivity index (χ1v) is 7.36. The summed E-state index contributed by atoms with van der Waals surface area (Å²) in [6.45, 7) is 8.20. The van der Waals surface area contributed by atoms with Crippen molar-refractivity contribution in [2.24, 2.45) is 13.0 Å². The molecule has 1 aromatic heterocycles. The van der Waals surface area contributed by atoms with Crippen LogP contribution < -0.4 is 10.6 Å². The van der Waals surface area contributed by atoms with Gasteiger partial charge in [0.2, 0.25) is 0 Å². The van der Waals surface area contributed by atoms with Gasteiger partial charge in [0.15, 0.2) is 0 Å². The van der Waals surface area contributed by atoms with E-state index in [9.17, 15) is 4.79 Å². The number of amides is 2. The van der Waals surface area contributed by atoms with Gasteiger partial charge in [-0.15, -0.1) is 0 Å². The molecule has 1 saturated heterocycles. The number of likely N-dealkylation sites (tertiary alicyclic amines) is 1. The SMILES string of the molecule is CCN1CCC[C@@H](CNC(=O)Nc2cc(C)nn2C)C1. The highest BCUT2D eigenvalue weighted by Crippen LogP contribution is 2.15. The lowest BCUT2D eigenvalue weighted by Crippen LogP contribution is -2.41. The Morgan fingerprint density at radius 1 is 1.55 bits per heavy atom. The number of urea groups is 1. The minimum atomic E-state index is -0.151. The number of hydrogen-bond acceptors (Lipinski definition) is 3. The molecule has 20 heavy (non-hydrogen) atoms. The monoisotopic (exact) mass is 279 g/mol. The van der Waals surface area contributed by atoms with Crippen molar-refractivity contribution in [3.63, 3.8) is 0 Å². The molecule has 1 aliphatic heterocycles. The summed E-state index contributed by atoms with van der Waals surface area (Å²) >= 11 is 0. The molecule has 0 radical (unpaired) electrons. The van der Waals surface area contributed by atoms with Gasteiger partial charge < -0.3 is 10.2 Å². The Bertz CT molecular complexity index is 456. The van der Waals surface area contributed by atoms with Crippen LogP contribution in [0.5, 0.6) is 0 Å². The van der Waals surface area contributed by atoms with Crippen LogP contribution >= 0.6 is 0 Å². The fourth-order valence-corrected chi connectivity index (χ4v) is 2.73. The summed E-state index contributed by atoms with van der Waals surface area (Å²) in [5.41, 5.74) is 0.897. The predicted molar refractivity (Wildman–Crippen MR) is 79.8 cm³/mol. The van der Waals surface area contributed by atoms with Gasteiger partial charge in [0.05, 0.1) is 5.69 Å². The topological polar surface area (TPSA) is 62.2 Å². The molecule has 1 atom stereocenters. The zero-order chi connectivity index (χ0) is 14.5. The van der Waals surface area contributed by atoms with E-state index in [4.69, 9.17) is 0 Å². The van der Waals surface area contributed by atoms with Crippen molar-refractivity contribution in [3.05, 3.63) is 11.8 Å². The highest BCUT2D eigenvalue weighted by atomic mass is 16.2. The number of anilines is 1. The number of nitrogens with zero attached hydrogens (tertiary/aromatic N) is 3. The van der Waals surface area contributed by atoms with Crippen molar-refractivity contribution in [2.45, 2.75) is 26.7 Å². The van der Waals surface area contributed by atoms with Crippen molar-refractivity contribution in [2.75, 3.05) is 31.5 Å². The van der Waals surface area contributed by atoms with Gasteiger partial charge in [0, 0.05) is 26.2 Å². The average Bonchev–Trinajstić information content (AvgIpc) is 2.75. The summed E-state index contributed by atoms with van der Waals surface area (Å²) in [5.74, 6) is 1.28. The van der Waals surface area contributed by atoms with Crippen LogP contribution in [0.25, 0.3) is 0 Å². The van der Waals surface area contributed by atoms with Gasteiger partial charge in [0.1, 0.15) is 5.82 Å². The summed E-state index contributed by atoms with van der Waals surface area (Å²) in [4.78, 5) is 14.3. The molecular weight excluding hydrogens is 254 g/mol. The third-order valence-electron chi connectivity index (χ3n) is 3.85. The molecule has 0 aromatic carbocycles. The van der Waals surface area contributed by atoms with Crippen LogP contribution in [0.15, 0.2) is 6.07 Å². The van der Waals surface area contributed by atoms with Crippen LogP contribution in [-0.4, -0.2) is 46.9 Å². The van der Waals surface area contributed by atoms with Gasteiger partial charge in [-0.1, -0.05) is 6.92 Å². The first-order valence-electron chi connectivity index (χ1n) is 7.36. The van der Waals surface area contributed by atoms with Crippen LogP contribution in [0.2, 0.25) is 0 Å². The van der Waals surface area contributed by atoms with Gasteiger partial charge in [-0.2, -0.15) is 5.10 Å². The standard InChI is InChI=1S/C14H25N5O/c1-4-19-7-5-6-12(10-19)9-15-14(20)16-13-8-11(2)17-18(13)3/h8,12H,4-7,9-10H2,1-3H3,(H2,15,16,20)/t12-/m0/s1. The predicted octanol–water partition coefficient (Wildman–Crippen LogP) is 1.58.